The highest BCUT2D eigenvalue weighted by molar-refractivity contribution is 5.95. The minimum atomic E-state index is 0.215. The van der Waals surface area contributed by atoms with Crippen LogP contribution in [0.2, 0.25) is 0 Å². The van der Waals surface area contributed by atoms with Crippen molar-refractivity contribution < 1.29 is 4.79 Å². The average molecular weight is 289 g/mol. The number of nitrogens with zero attached hydrogens (tertiary/aromatic N) is 3. The molecule has 0 aromatic carbocycles. The molecule has 3 rings (SSSR count). The Labute approximate surface area is 127 Å². The van der Waals surface area contributed by atoms with Gasteiger partial charge in [-0.05, 0) is 57.8 Å². The summed E-state index contributed by atoms with van der Waals surface area (Å²) >= 11 is 0. The number of amides is 1. The van der Waals surface area contributed by atoms with E-state index in [2.05, 4.69) is 23.6 Å². The number of hydrogen-bond donors (Lipinski definition) is 0. The van der Waals surface area contributed by atoms with Crippen molar-refractivity contribution in [1.29, 1.82) is 0 Å². The lowest BCUT2D eigenvalue weighted by Crippen LogP contribution is -2.44. The van der Waals surface area contributed by atoms with Crippen LogP contribution in [0.25, 0.3) is 0 Å². The van der Waals surface area contributed by atoms with E-state index in [0.717, 1.165) is 31.5 Å². The van der Waals surface area contributed by atoms with E-state index in [0.29, 0.717) is 12.0 Å². The van der Waals surface area contributed by atoms with Gasteiger partial charge in [-0.2, -0.15) is 0 Å². The van der Waals surface area contributed by atoms with E-state index in [1.54, 1.807) is 0 Å². The maximum absolute atomic E-state index is 12.9. The molecule has 0 radical (unpaired) electrons. The Morgan fingerprint density at radius 1 is 1.19 bits per heavy atom. The van der Waals surface area contributed by atoms with Crippen LogP contribution in [0.15, 0.2) is 12.3 Å². The molecular weight excluding hydrogens is 262 g/mol. The Hall–Kier alpha value is -1.29. The fourth-order valence-corrected chi connectivity index (χ4v) is 3.65. The maximum atomic E-state index is 12.9. The quantitative estimate of drug-likeness (QED) is 0.855. The fraction of sp³-hybridized carbons (Fsp3) is 0.706. The number of carbonyl (C=O) groups is 1. The summed E-state index contributed by atoms with van der Waals surface area (Å²) in [5.41, 5.74) is 2.19. The van der Waals surface area contributed by atoms with Crippen LogP contribution in [0.5, 0.6) is 0 Å². The monoisotopic (exact) mass is 289 g/mol. The van der Waals surface area contributed by atoms with E-state index in [-0.39, 0.29) is 5.91 Å². The molecule has 21 heavy (non-hydrogen) atoms. The van der Waals surface area contributed by atoms with Gasteiger partial charge in [0.2, 0.25) is 0 Å². The number of piperidine rings is 1. The van der Waals surface area contributed by atoms with Gasteiger partial charge in [-0.25, -0.2) is 0 Å². The highest BCUT2D eigenvalue weighted by Crippen LogP contribution is 2.38. The highest BCUT2D eigenvalue weighted by Gasteiger charge is 2.31. The minimum Gasteiger partial charge on any atom is -0.353 e. The van der Waals surface area contributed by atoms with Gasteiger partial charge in [0.25, 0.3) is 5.91 Å². The van der Waals surface area contributed by atoms with Crippen molar-refractivity contribution >= 4 is 5.91 Å². The molecule has 2 heterocycles. The molecule has 0 bridgehead atoms. The zero-order chi connectivity index (χ0) is 15.0. The Morgan fingerprint density at radius 2 is 1.86 bits per heavy atom. The van der Waals surface area contributed by atoms with Gasteiger partial charge in [0, 0.05) is 32.0 Å². The largest absolute Gasteiger partial charge is 0.353 e. The van der Waals surface area contributed by atoms with Gasteiger partial charge >= 0.3 is 0 Å². The third-order valence-electron chi connectivity index (χ3n) is 5.40. The molecule has 1 aromatic heterocycles. The molecule has 1 amide bonds. The van der Waals surface area contributed by atoms with E-state index in [9.17, 15) is 4.79 Å². The maximum Gasteiger partial charge on any atom is 0.255 e. The third-order valence-corrected chi connectivity index (χ3v) is 5.40. The summed E-state index contributed by atoms with van der Waals surface area (Å²) in [7, 11) is 6.21. The van der Waals surface area contributed by atoms with Crippen LogP contribution in [0.4, 0.5) is 0 Å². The van der Waals surface area contributed by atoms with E-state index in [4.69, 9.17) is 0 Å². The van der Waals surface area contributed by atoms with Crippen molar-refractivity contribution in [2.75, 3.05) is 27.2 Å². The van der Waals surface area contributed by atoms with Gasteiger partial charge in [0.1, 0.15) is 0 Å². The normalized spacial score (nSPS) is 21.3. The molecule has 116 valence electrons. The van der Waals surface area contributed by atoms with E-state index in [1.165, 1.54) is 25.0 Å². The van der Waals surface area contributed by atoms with Gasteiger partial charge in [0.15, 0.2) is 0 Å². The molecule has 1 aliphatic carbocycles. The summed E-state index contributed by atoms with van der Waals surface area (Å²) in [4.78, 5) is 17.2. The first-order valence-electron chi connectivity index (χ1n) is 8.19. The average Bonchev–Trinajstić information content (AvgIpc) is 2.78. The second-order valence-electron chi connectivity index (χ2n) is 6.80. The second kappa shape index (κ2) is 5.84. The number of rotatable bonds is 3. The first kappa shape index (κ1) is 14.6. The van der Waals surface area contributed by atoms with Gasteiger partial charge in [0.05, 0.1) is 5.56 Å². The van der Waals surface area contributed by atoms with Crippen LogP contribution in [-0.2, 0) is 7.05 Å². The summed E-state index contributed by atoms with van der Waals surface area (Å²) in [5, 5.41) is 0. The topological polar surface area (TPSA) is 28.5 Å². The van der Waals surface area contributed by atoms with E-state index < -0.39 is 0 Å². The smallest absolute Gasteiger partial charge is 0.255 e. The first-order chi connectivity index (χ1) is 10.1. The molecule has 4 nitrogen and oxygen atoms in total. The Morgan fingerprint density at radius 3 is 2.43 bits per heavy atom. The summed E-state index contributed by atoms with van der Waals surface area (Å²) < 4.78 is 2.15. The van der Waals surface area contributed by atoms with Crippen LogP contribution in [0.1, 0.15) is 54.1 Å². The van der Waals surface area contributed by atoms with Gasteiger partial charge in [-0.15, -0.1) is 0 Å². The van der Waals surface area contributed by atoms with E-state index >= 15 is 0 Å². The fourth-order valence-electron chi connectivity index (χ4n) is 3.65. The van der Waals surface area contributed by atoms with E-state index in [1.807, 2.05) is 24.2 Å². The molecule has 1 saturated heterocycles. The van der Waals surface area contributed by atoms with Gasteiger partial charge < -0.3 is 14.4 Å². The molecular formula is C17H27N3O. The lowest BCUT2D eigenvalue weighted by molar-refractivity contribution is 0.0657. The third kappa shape index (κ3) is 2.73. The van der Waals surface area contributed by atoms with Gasteiger partial charge in [-0.1, -0.05) is 6.42 Å². The number of aromatic nitrogens is 1. The predicted octanol–water partition coefficient (Wildman–Crippen LogP) is 2.46. The molecule has 2 aliphatic rings. The molecule has 0 unspecified atom stereocenters. The Bertz CT molecular complexity index is 510. The number of hydrogen-bond acceptors (Lipinski definition) is 2. The number of aryl methyl sites for hydroxylation is 1. The Balaban J connectivity index is 1.75. The van der Waals surface area contributed by atoms with Crippen molar-refractivity contribution in [3.63, 3.8) is 0 Å². The van der Waals surface area contributed by atoms with Crippen LogP contribution in [0, 0.1) is 0 Å². The van der Waals surface area contributed by atoms with Crippen molar-refractivity contribution in [2.24, 2.45) is 7.05 Å². The molecule has 1 aliphatic heterocycles. The number of carbonyl (C=O) groups excluding carboxylic acids is 1. The predicted molar refractivity (Wildman–Crippen MR) is 84.6 cm³/mol. The van der Waals surface area contributed by atoms with Crippen LogP contribution >= 0.6 is 0 Å². The van der Waals surface area contributed by atoms with Crippen molar-refractivity contribution in [1.82, 2.24) is 14.4 Å². The molecule has 0 spiro atoms. The molecule has 4 heteroatoms. The van der Waals surface area contributed by atoms with Crippen LogP contribution < -0.4 is 0 Å². The number of likely N-dealkylation sites (tertiary alicyclic amines) is 1. The Kier molecular flexibility index (Phi) is 4.07. The van der Waals surface area contributed by atoms with Crippen LogP contribution in [0.3, 0.4) is 0 Å². The summed E-state index contributed by atoms with van der Waals surface area (Å²) in [5.74, 6) is 0.807. The lowest BCUT2D eigenvalue weighted by Gasteiger charge is -2.35. The lowest BCUT2D eigenvalue weighted by atomic mass is 9.81. The zero-order valence-corrected chi connectivity index (χ0v) is 13.5. The molecule has 1 aromatic rings. The van der Waals surface area contributed by atoms with Crippen molar-refractivity contribution in [2.45, 2.75) is 44.1 Å². The molecule has 1 saturated carbocycles. The van der Waals surface area contributed by atoms with Crippen LogP contribution in [-0.4, -0.2) is 53.5 Å². The second-order valence-corrected chi connectivity index (χ2v) is 6.80. The van der Waals surface area contributed by atoms with Crippen molar-refractivity contribution in [3.05, 3.63) is 23.5 Å². The van der Waals surface area contributed by atoms with Crippen molar-refractivity contribution in [3.8, 4) is 0 Å². The first-order valence-corrected chi connectivity index (χ1v) is 8.19. The van der Waals surface area contributed by atoms with Gasteiger partial charge in [-0.3, -0.25) is 4.79 Å². The SMILES string of the molecule is CN1CCC(N(C)C(=O)c2ccn(C)c2C2CCC2)CC1. The summed E-state index contributed by atoms with van der Waals surface area (Å²) in [6.45, 7) is 2.18. The minimum absolute atomic E-state index is 0.215. The standard InChI is InChI=1S/C17H27N3O/c1-18-10-7-14(8-11-18)20(3)17(21)15-9-12-19(2)16(15)13-5-4-6-13/h9,12-14H,4-8,10-11H2,1-3H3. The zero-order valence-electron chi connectivity index (χ0n) is 13.5. The summed E-state index contributed by atoms with van der Waals surface area (Å²) in [6.07, 6.45) is 7.98. The summed E-state index contributed by atoms with van der Waals surface area (Å²) in [6, 6.07) is 2.41. The molecule has 0 N–H and O–H groups in total. The molecule has 2 fully saturated rings. The highest BCUT2D eigenvalue weighted by atomic mass is 16.2. The molecule has 0 atom stereocenters.